The molecule has 1 fully saturated rings. The molecule has 1 amide bonds. The molecule has 3 rings (SSSR count). The Morgan fingerprint density at radius 3 is 2.81 bits per heavy atom. The van der Waals surface area contributed by atoms with E-state index in [1.54, 1.807) is 6.07 Å². The summed E-state index contributed by atoms with van der Waals surface area (Å²) in [6.45, 7) is 2.62. The van der Waals surface area contributed by atoms with Crippen molar-refractivity contribution >= 4 is 5.91 Å². The standard InChI is InChI=1S/C14H16FN5O/c15-10-3-4-11(12-13(14(16)21)18-19-17-12)9(7-10)8-20-5-1-2-6-20/h3-4,7H,1-2,5-6,8H2,(H2,16,21)(H,17,18,19). The first-order valence-corrected chi connectivity index (χ1v) is 6.87. The van der Waals surface area contributed by atoms with E-state index in [1.165, 1.54) is 12.1 Å². The zero-order chi connectivity index (χ0) is 14.8. The summed E-state index contributed by atoms with van der Waals surface area (Å²) in [6.07, 6.45) is 2.31. The minimum absolute atomic E-state index is 0.0734. The van der Waals surface area contributed by atoms with Crippen LogP contribution in [-0.2, 0) is 6.54 Å². The lowest BCUT2D eigenvalue weighted by molar-refractivity contribution is 0.0996. The quantitative estimate of drug-likeness (QED) is 0.888. The van der Waals surface area contributed by atoms with Crippen molar-refractivity contribution in [2.45, 2.75) is 19.4 Å². The first-order chi connectivity index (χ1) is 10.1. The minimum Gasteiger partial charge on any atom is -0.364 e. The molecule has 0 atom stereocenters. The summed E-state index contributed by atoms with van der Waals surface area (Å²) < 4.78 is 13.6. The van der Waals surface area contributed by atoms with Crippen LogP contribution in [0.15, 0.2) is 18.2 Å². The van der Waals surface area contributed by atoms with Crippen LogP contribution >= 0.6 is 0 Å². The third-order valence-corrected chi connectivity index (χ3v) is 3.70. The number of aromatic nitrogens is 3. The summed E-state index contributed by atoms with van der Waals surface area (Å²) in [5, 5.41) is 10.2. The number of amides is 1. The minimum atomic E-state index is -0.657. The normalized spacial score (nSPS) is 15.5. The van der Waals surface area contributed by atoms with E-state index >= 15 is 0 Å². The number of hydrogen-bond donors (Lipinski definition) is 2. The van der Waals surface area contributed by atoms with Crippen molar-refractivity contribution in [1.82, 2.24) is 20.3 Å². The molecule has 2 heterocycles. The van der Waals surface area contributed by atoms with Crippen LogP contribution in [0.5, 0.6) is 0 Å². The number of likely N-dealkylation sites (tertiary alicyclic amines) is 1. The van der Waals surface area contributed by atoms with E-state index in [2.05, 4.69) is 20.3 Å². The fourth-order valence-electron chi connectivity index (χ4n) is 2.70. The number of hydrogen-bond acceptors (Lipinski definition) is 4. The van der Waals surface area contributed by atoms with Gasteiger partial charge in [-0.05, 0) is 49.7 Å². The summed E-state index contributed by atoms with van der Waals surface area (Å²) in [5.41, 5.74) is 7.21. The number of halogens is 1. The molecule has 21 heavy (non-hydrogen) atoms. The van der Waals surface area contributed by atoms with Crippen LogP contribution in [0, 0.1) is 5.82 Å². The number of H-pyrrole nitrogens is 1. The molecule has 1 aliphatic heterocycles. The average Bonchev–Trinajstić information content (AvgIpc) is 3.09. The van der Waals surface area contributed by atoms with E-state index in [0.29, 0.717) is 17.8 Å². The Bertz CT molecular complexity index is 663. The van der Waals surface area contributed by atoms with Gasteiger partial charge in [-0.15, -0.1) is 0 Å². The van der Waals surface area contributed by atoms with E-state index in [1.807, 2.05) is 0 Å². The molecule has 7 heteroatoms. The van der Waals surface area contributed by atoms with Crippen molar-refractivity contribution < 1.29 is 9.18 Å². The molecule has 0 aliphatic carbocycles. The highest BCUT2D eigenvalue weighted by Gasteiger charge is 2.20. The second kappa shape index (κ2) is 5.61. The van der Waals surface area contributed by atoms with E-state index in [-0.39, 0.29) is 11.5 Å². The molecular formula is C14H16FN5O. The Balaban J connectivity index is 2.00. The first-order valence-electron chi connectivity index (χ1n) is 6.87. The summed E-state index contributed by atoms with van der Waals surface area (Å²) in [7, 11) is 0. The monoisotopic (exact) mass is 289 g/mol. The van der Waals surface area contributed by atoms with Crippen LogP contribution in [0.4, 0.5) is 4.39 Å². The Labute approximate surface area is 121 Å². The lowest BCUT2D eigenvalue weighted by atomic mass is 10.0. The van der Waals surface area contributed by atoms with Crippen molar-refractivity contribution in [2.24, 2.45) is 5.73 Å². The zero-order valence-corrected chi connectivity index (χ0v) is 11.5. The highest BCUT2D eigenvalue weighted by atomic mass is 19.1. The van der Waals surface area contributed by atoms with Gasteiger partial charge in [0.2, 0.25) is 0 Å². The number of aromatic amines is 1. The smallest absolute Gasteiger partial charge is 0.271 e. The van der Waals surface area contributed by atoms with Gasteiger partial charge in [0.1, 0.15) is 11.5 Å². The number of carbonyl (C=O) groups is 1. The second-order valence-electron chi connectivity index (χ2n) is 5.17. The molecule has 1 saturated heterocycles. The summed E-state index contributed by atoms with van der Waals surface area (Å²) >= 11 is 0. The van der Waals surface area contributed by atoms with Crippen LogP contribution in [0.1, 0.15) is 28.9 Å². The van der Waals surface area contributed by atoms with Gasteiger partial charge >= 0.3 is 0 Å². The average molecular weight is 289 g/mol. The van der Waals surface area contributed by atoms with Crippen LogP contribution < -0.4 is 5.73 Å². The maximum atomic E-state index is 13.6. The van der Waals surface area contributed by atoms with Gasteiger partial charge in [-0.3, -0.25) is 9.69 Å². The number of benzene rings is 1. The van der Waals surface area contributed by atoms with Gasteiger partial charge < -0.3 is 5.73 Å². The fraction of sp³-hybridized carbons (Fsp3) is 0.357. The number of nitrogens with two attached hydrogens (primary N) is 1. The van der Waals surface area contributed by atoms with Crippen molar-refractivity contribution in [3.05, 3.63) is 35.3 Å². The highest BCUT2D eigenvalue weighted by molar-refractivity contribution is 5.97. The van der Waals surface area contributed by atoms with Gasteiger partial charge in [-0.2, -0.15) is 15.4 Å². The van der Waals surface area contributed by atoms with Crippen LogP contribution in [0.2, 0.25) is 0 Å². The first kappa shape index (κ1) is 13.7. The van der Waals surface area contributed by atoms with Gasteiger partial charge in [0.05, 0.1) is 0 Å². The number of nitrogens with one attached hydrogen (secondary N) is 1. The molecule has 0 unspecified atom stereocenters. The zero-order valence-electron chi connectivity index (χ0n) is 11.5. The molecule has 0 radical (unpaired) electrons. The summed E-state index contributed by atoms with van der Waals surface area (Å²) in [6, 6.07) is 4.44. The number of nitrogens with zero attached hydrogens (tertiary/aromatic N) is 3. The van der Waals surface area contributed by atoms with E-state index < -0.39 is 5.91 Å². The molecule has 0 spiro atoms. The van der Waals surface area contributed by atoms with E-state index in [9.17, 15) is 9.18 Å². The van der Waals surface area contributed by atoms with Crippen molar-refractivity contribution in [3.8, 4) is 11.3 Å². The number of primary amides is 1. The molecule has 0 bridgehead atoms. The van der Waals surface area contributed by atoms with Crippen molar-refractivity contribution in [1.29, 1.82) is 0 Å². The molecule has 1 aliphatic rings. The highest BCUT2D eigenvalue weighted by Crippen LogP contribution is 2.27. The molecule has 6 nitrogen and oxygen atoms in total. The maximum Gasteiger partial charge on any atom is 0.271 e. The van der Waals surface area contributed by atoms with E-state index in [4.69, 9.17) is 5.73 Å². The Kier molecular flexibility index (Phi) is 3.66. The van der Waals surface area contributed by atoms with E-state index in [0.717, 1.165) is 31.5 Å². The maximum absolute atomic E-state index is 13.6. The Morgan fingerprint density at radius 1 is 1.33 bits per heavy atom. The lowest BCUT2D eigenvalue weighted by Crippen LogP contribution is -2.19. The fourth-order valence-corrected chi connectivity index (χ4v) is 2.70. The molecule has 3 N–H and O–H groups in total. The Morgan fingerprint density at radius 2 is 2.10 bits per heavy atom. The molecule has 0 saturated carbocycles. The van der Waals surface area contributed by atoms with Crippen LogP contribution in [-0.4, -0.2) is 39.3 Å². The van der Waals surface area contributed by atoms with Crippen molar-refractivity contribution in [3.63, 3.8) is 0 Å². The third-order valence-electron chi connectivity index (χ3n) is 3.70. The van der Waals surface area contributed by atoms with Gasteiger partial charge in [0, 0.05) is 12.1 Å². The van der Waals surface area contributed by atoms with Crippen molar-refractivity contribution in [2.75, 3.05) is 13.1 Å². The van der Waals surface area contributed by atoms with Crippen LogP contribution in [0.3, 0.4) is 0 Å². The van der Waals surface area contributed by atoms with Gasteiger partial charge in [-0.25, -0.2) is 4.39 Å². The summed E-state index contributed by atoms with van der Waals surface area (Å²) in [5.74, 6) is -0.965. The largest absolute Gasteiger partial charge is 0.364 e. The predicted molar refractivity (Wildman–Crippen MR) is 74.8 cm³/mol. The molecule has 1 aromatic heterocycles. The predicted octanol–water partition coefficient (Wildman–Crippen LogP) is 1.31. The van der Waals surface area contributed by atoms with Gasteiger partial charge in [-0.1, -0.05) is 0 Å². The molecule has 2 aromatic rings. The topological polar surface area (TPSA) is 87.9 Å². The number of rotatable bonds is 4. The third kappa shape index (κ3) is 2.78. The van der Waals surface area contributed by atoms with Gasteiger partial charge in [0.25, 0.3) is 5.91 Å². The summed E-state index contributed by atoms with van der Waals surface area (Å²) in [4.78, 5) is 13.6. The second-order valence-corrected chi connectivity index (χ2v) is 5.17. The lowest BCUT2D eigenvalue weighted by Gasteiger charge is -2.17. The molecule has 110 valence electrons. The van der Waals surface area contributed by atoms with Crippen LogP contribution in [0.25, 0.3) is 11.3 Å². The number of carbonyl (C=O) groups excluding carboxylic acids is 1. The molecule has 1 aromatic carbocycles. The Hall–Kier alpha value is -2.28. The molecular weight excluding hydrogens is 273 g/mol. The van der Waals surface area contributed by atoms with Gasteiger partial charge in [0.15, 0.2) is 5.69 Å². The SMILES string of the molecule is NC(=O)c1n[nH]nc1-c1ccc(F)cc1CN1CCCC1.